The molecule has 4 nitrogen and oxygen atoms in total. The minimum Gasteiger partial charge on any atom is -0.488 e. The molecule has 0 saturated heterocycles. The fraction of sp³-hybridized carbons (Fsp3) is 0.100. The fourth-order valence-electron chi connectivity index (χ4n) is 2.02. The second-order valence-electron chi connectivity index (χ2n) is 5.28. The van der Waals surface area contributed by atoms with Crippen LogP contribution in [-0.4, -0.2) is 12.5 Å². The third-order valence-corrected chi connectivity index (χ3v) is 3.59. The summed E-state index contributed by atoms with van der Waals surface area (Å²) in [5, 5.41) is 12.4. The van der Waals surface area contributed by atoms with Crippen molar-refractivity contribution < 1.29 is 9.53 Å². The molecule has 25 heavy (non-hydrogen) atoms. The Bertz CT molecular complexity index is 849. The van der Waals surface area contributed by atoms with Crippen molar-refractivity contribution in [1.82, 2.24) is 0 Å². The van der Waals surface area contributed by atoms with Gasteiger partial charge in [-0.05, 0) is 42.8 Å². The third kappa shape index (κ3) is 5.23. The Labute approximate surface area is 152 Å². The number of hydrogen-bond acceptors (Lipinski definition) is 3. The van der Waals surface area contributed by atoms with Crippen molar-refractivity contribution in [3.63, 3.8) is 0 Å². The van der Waals surface area contributed by atoms with Gasteiger partial charge in [0.1, 0.15) is 24.0 Å². The SMILES string of the molecule is C=CCOc1ccc(/C=C(\C#N)C(=O)Nc2ccc(C)cc2)cc1Cl. The number of aryl methyl sites for hydroxylation is 1. The number of ether oxygens (including phenoxy) is 1. The van der Waals surface area contributed by atoms with E-state index < -0.39 is 5.91 Å². The molecule has 1 N–H and O–H groups in total. The van der Waals surface area contributed by atoms with Crippen LogP contribution < -0.4 is 10.1 Å². The summed E-state index contributed by atoms with van der Waals surface area (Å²) >= 11 is 6.14. The quantitative estimate of drug-likeness (QED) is 0.463. The molecule has 0 aliphatic carbocycles. The van der Waals surface area contributed by atoms with Crippen molar-refractivity contribution in [2.45, 2.75) is 6.92 Å². The van der Waals surface area contributed by atoms with Gasteiger partial charge < -0.3 is 10.1 Å². The molecule has 0 spiro atoms. The van der Waals surface area contributed by atoms with E-state index in [0.29, 0.717) is 28.6 Å². The minimum absolute atomic E-state index is 0.0172. The third-order valence-electron chi connectivity index (χ3n) is 3.30. The summed E-state index contributed by atoms with van der Waals surface area (Å²) in [5.41, 5.74) is 2.33. The largest absolute Gasteiger partial charge is 0.488 e. The van der Waals surface area contributed by atoms with Gasteiger partial charge in [0, 0.05) is 5.69 Å². The van der Waals surface area contributed by atoms with Crippen LogP contribution in [0.3, 0.4) is 0 Å². The Balaban J connectivity index is 2.17. The first-order chi connectivity index (χ1) is 12.0. The molecular weight excluding hydrogens is 336 g/mol. The topological polar surface area (TPSA) is 62.1 Å². The smallest absolute Gasteiger partial charge is 0.266 e. The number of amides is 1. The summed E-state index contributed by atoms with van der Waals surface area (Å²) in [4.78, 5) is 12.3. The van der Waals surface area contributed by atoms with Crippen LogP contribution in [0.4, 0.5) is 5.69 Å². The number of nitrogens with one attached hydrogen (secondary N) is 1. The van der Waals surface area contributed by atoms with Crippen molar-refractivity contribution in [1.29, 1.82) is 5.26 Å². The van der Waals surface area contributed by atoms with E-state index in [1.54, 1.807) is 36.4 Å². The first-order valence-corrected chi connectivity index (χ1v) is 7.94. The number of nitriles is 1. The number of carbonyl (C=O) groups excluding carboxylic acids is 1. The maximum absolute atomic E-state index is 12.3. The molecule has 5 heteroatoms. The van der Waals surface area contributed by atoms with E-state index >= 15 is 0 Å². The van der Waals surface area contributed by atoms with Crippen LogP contribution >= 0.6 is 11.6 Å². The van der Waals surface area contributed by atoms with Crippen LogP contribution in [0.25, 0.3) is 6.08 Å². The number of nitrogens with zero attached hydrogens (tertiary/aromatic N) is 1. The highest BCUT2D eigenvalue weighted by molar-refractivity contribution is 6.32. The Hall–Kier alpha value is -3.03. The molecule has 0 aromatic heterocycles. The standard InChI is InChI=1S/C20H17ClN2O2/c1-3-10-25-19-9-6-15(12-18(19)21)11-16(13-22)20(24)23-17-7-4-14(2)5-8-17/h3-9,11-12H,1,10H2,2H3,(H,23,24)/b16-11+. The average Bonchev–Trinajstić information content (AvgIpc) is 2.60. The second kappa shape index (κ2) is 8.72. The highest BCUT2D eigenvalue weighted by Crippen LogP contribution is 2.26. The number of hydrogen-bond donors (Lipinski definition) is 1. The van der Waals surface area contributed by atoms with Gasteiger partial charge in [-0.1, -0.05) is 48.0 Å². The van der Waals surface area contributed by atoms with Gasteiger partial charge in [0.2, 0.25) is 0 Å². The summed E-state index contributed by atoms with van der Waals surface area (Å²) in [7, 11) is 0. The van der Waals surface area contributed by atoms with Crippen LogP contribution in [0.1, 0.15) is 11.1 Å². The van der Waals surface area contributed by atoms with Crippen LogP contribution in [0.15, 0.2) is 60.7 Å². The van der Waals surface area contributed by atoms with Gasteiger partial charge in [-0.15, -0.1) is 0 Å². The molecule has 0 heterocycles. The van der Waals surface area contributed by atoms with Gasteiger partial charge in [-0.25, -0.2) is 0 Å². The van der Waals surface area contributed by atoms with E-state index in [-0.39, 0.29) is 5.57 Å². The number of anilines is 1. The second-order valence-corrected chi connectivity index (χ2v) is 5.69. The fourth-order valence-corrected chi connectivity index (χ4v) is 2.27. The Morgan fingerprint density at radius 1 is 1.32 bits per heavy atom. The first kappa shape index (κ1) is 18.3. The van der Waals surface area contributed by atoms with Gasteiger partial charge in [0.15, 0.2) is 0 Å². The van der Waals surface area contributed by atoms with E-state index in [0.717, 1.165) is 5.56 Å². The number of carbonyl (C=O) groups is 1. The summed E-state index contributed by atoms with van der Waals surface area (Å²) in [6.07, 6.45) is 3.10. The lowest BCUT2D eigenvalue weighted by Gasteiger charge is -2.07. The van der Waals surface area contributed by atoms with E-state index in [4.69, 9.17) is 16.3 Å². The molecule has 1 amide bonds. The number of rotatable bonds is 6. The first-order valence-electron chi connectivity index (χ1n) is 7.56. The molecule has 126 valence electrons. The Kier molecular flexibility index (Phi) is 6.39. The van der Waals surface area contributed by atoms with E-state index in [2.05, 4.69) is 11.9 Å². The van der Waals surface area contributed by atoms with Crippen molar-refractivity contribution in [2.75, 3.05) is 11.9 Å². The molecule has 2 rings (SSSR count). The predicted octanol–water partition coefficient (Wildman–Crippen LogP) is 4.76. The van der Waals surface area contributed by atoms with Gasteiger partial charge in [0.05, 0.1) is 5.02 Å². The maximum Gasteiger partial charge on any atom is 0.266 e. The number of halogens is 1. The van der Waals surface area contributed by atoms with Crippen LogP contribution in [0.5, 0.6) is 5.75 Å². The van der Waals surface area contributed by atoms with E-state index in [1.807, 2.05) is 25.1 Å². The van der Waals surface area contributed by atoms with Crippen LogP contribution in [-0.2, 0) is 4.79 Å². The Morgan fingerprint density at radius 3 is 2.64 bits per heavy atom. The van der Waals surface area contributed by atoms with Gasteiger partial charge in [-0.2, -0.15) is 5.26 Å². The lowest BCUT2D eigenvalue weighted by Crippen LogP contribution is -2.13. The summed E-state index contributed by atoms with van der Waals surface area (Å²) < 4.78 is 5.39. The summed E-state index contributed by atoms with van der Waals surface area (Å²) in [6.45, 7) is 5.88. The average molecular weight is 353 g/mol. The molecule has 0 saturated carbocycles. The zero-order valence-electron chi connectivity index (χ0n) is 13.8. The summed E-state index contributed by atoms with van der Waals surface area (Å²) in [6, 6.07) is 14.3. The van der Waals surface area contributed by atoms with Gasteiger partial charge in [-0.3, -0.25) is 4.79 Å². The lowest BCUT2D eigenvalue weighted by atomic mass is 10.1. The minimum atomic E-state index is -0.477. The summed E-state index contributed by atoms with van der Waals surface area (Å²) in [5.74, 6) is 0.0378. The van der Waals surface area contributed by atoms with Crippen molar-refractivity contribution in [2.24, 2.45) is 0 Å². The van der Waals surface area contributed by atoms with E-state index in [9.17, 15) is 10.1 Å². The molecule has 0 bridgehead atoms. The lowest BCUT2D eigenvalue weighted by molar-refractivity contribution is -0.112. The zero-order valence-corrected chi connectivity index (χ0v) is 14.5. The van der Waals surface area contributed by atoms with Gasteiger partial charge >= 0.3 is 0 Å². The van der Waals surface area contributed by atoms with Crippen molar-refractivity contribution >= 4 is 29.3 Å². The van der Waals surface area contributed by atoms with Crippen molar-refractivity contribution in [3.8, 4) is 11.8 Å². The number of benzene rings is 2. The molecular formula is C20H17ClN2O2. The van der Waals surface area contributed by atoms with Crippen molar-refractivity contribution in [3.05, 3.63) is 76.8 Å². The highest BCUT2D eigenvalue weighted by atomic mass is 35.5. The maximum atomic E-state index is 12.3. The monoisotopic (exact) mass is 352 g/mol. The molecule has 0 atom stereocenters. The molecule has 0 aliphatic rings. The molecule has 0 fully saturated rings. The molecule has 2 aromatic rings. The van der Waals surface area contributed by atoms with Crippen LogP contribution in [0.2, 0.25) is 5.02 Å². The molecule has 0 aliphatic heterocycles. The Morgan fingerprint density at radius 2 is 2.04 bits per heavy atom. The zero-order chi connectivity index (χ0) is 18.2. The predicted molar refractivity (Wildman–Crippen MR) is 101 cm³/mol. The highest BCUT2D eigenvalue weighted by Gasteiger charge is 2.10. The van der Waals surface area contributed by atoms with Gasteiger partial charge in [0.25, 0.3) is 5.91 Å². The molecule has 0 unspecified atom stereocenters. The van der Waals surface area contributed by atoms with Crippen LogP contribution in [0, 0.1) is 18.3 Å². The molecule has 0 radical (unpaired) electrons. The van der Waals surface area contributed by atoms with E-state index in [1.165, 1.54) is 6.08 Å². The molecule has 2 aromatic carbocycles. The normalized spacial score (nSPS) is 10.7.